The van der Waals surface area contributed by atoms with Gasteiger partial charge in [0.2, 0.25) is 0 Å². The van der Waals surface area contributed by atoms with Crippen LogP contribution >= 0.6 is 0 Å². The lowest BCUT2D eigenvalue weighted by Crippen LogP contribution is -2.33. The van der Waals surface area contributed by atoms with E-state index >= 15 is 0 Å². The van der Waals surface area contributed by atoms with Crippen LogP contribution in [0, 0.1) is 11.3 Å². The van der Waals surface area contributed by atoms with Gasteiger partial charge in [0.15, 0.2) is 0 Å². The number of hydrogen-bond donors (Lipinski definition) is 2. The van der Waals surface area contributed by atoms with Crippen molar-refractivity contribution in [1.29, 1.82) is 5.26 Å². The molecular formula is C12H15N3O3. The van der Waals surface area contributed by atoms with E-state index in [0.717, 1.165) is 6.20 Å². The molecule has 0 aromatic carbocycles. The summed E-state index contributed by atoms with van der Waals surface area (Å²) in [5.41, 5.74) is -0.167. The highest BCUT2D eigenvalue weighted by molar-refractivity contribution is 5.97. The third-order valence-electron chi connectivity index (χ3n) is 1.84. The van der Waals surface area contributed by atoms with Gasteiger partial charge in [0.25, 0.3) is 5.91 Å². The van der Waals surface area contributed by atoms with Crippen molar-refractivity contribution in [3.63, 3.8) is 0 Å². The summed E-state index contributed by atoms with van der Waals surface area (Å²) in [6.07, 6.45) is 4.15. The largest absolute Gasteiger partial charge is 0.480 e. The number of carboxylic acid groups (broad SMARTS) is 1. The lowest BCUT2D eigenvalue weighted by atomic mass is 10.2. The SMILES string of the molecule is C=CCN(CC=C)C(=O)/C(C#N)=C\NCC(=O)O. The Balaban J connectivity index is 4.75. The summed E-state index contributed by atoms with van der Waals surface area (Å²) < 4.78 is 0. The van der Waals surface area contributed by atoms with Crippen LogP contribution in [0.15, 0.2) is 37.1 Å². The lowest BCUT2D eigenvalue weighted by molar-refractivity contribution is -0.135. The van der Waals surface area contributed by atoms with Gasteiger partial charge in [0, 0.05) is 19.3 Å². The molecule has 96 valence electrons. The third kappa shape index (κ3) is 5.51. The van der Waals surface area contributed by atoms with E-state index in [1.165, 1.54) is 17.1 Å². The van der Waals surface area contributed by atoms with Gasteiger partial charge in [-0.15, -0.1) is 13.2 Å². The molecule has 0 unspecified atom stereocenters. The number of nitrogens with one attached hydrogen (secondary N) is 1. The molecule has 0 radical (unpaired) electrons. The molecule has 6 nitrogen and oxygen atoms in total. The number of amides is 1. The maximum Gasteiger partial charge on any atom is 0.322 e. The van der Waals surface area contributed by atoms with Gasteiger partial charge in [-0.3, -0.25) is 9.59 Å². The Morgan fingerprint density at radius 1 is 1.33 bits per heavy atom. The first-order valence-electron chi connectivity index (χ1n) is 5.13. The van der Waals surface area contributed by atoms with E-state index in [4.69, 9.17) is 10.4 Å². The van der Waals surface area contributed by atoms with Crippen molar-refractivity contribution in [2.45, 2.75) is 0 Å². The molecule has 2 N–H and O–H groups in total. The molecule has 0 aromatic rings. The van der Waals surface area contributed by atoms with E-state index in [1.807, 2.05) is 0 Å². The number of hydrogen-bond acceptors (Lipinski definition) is 4. The Labute approximate surface area is 106 Å². The molecular weight excluding hydrogens is 234 g/mol. The highest BCUT2D eigenvalue weighted by atomic mass is 16.4. The summed E-state index contributed by atoms with van der Waals surface area (Å²) in [4.78, 5) is 23.5. The first-order chi connectivity index (χ1) is 8.56. The second-order valence-corrected chi connectivity index (χ2v) is 3.23. The van der Waals surface area contributed by atoms with Crippen molar-refractivity contribution in [2.24, 2.45) is 0 Å². The monoisotopic (exact) mass is 249 g/mol. The van der Waals surface area contributed by atoms with Crippen molar-refractivity contribution < 1.29 is 14.7 Å². The molecule has 18 heavy (non-hydrogen) atoms. The molecule has 0 spiro atoms. The predicted molar refractivity (Wildman–Crippen MR) is 66.3 cm³/mol. The zero-order chi connectivity index (χ0) is 14.0. The van der Waals surface area contributed by atoms with Crippen molar-refractivity contribution in [3.05, 3.63) is 37.1 Å². The van der Waals surface area contributed by atoms with Crippen LogP contribution < -0.4 is 5.32 Å². The van der Waals surface area contributed by atoms with Gasteiger partial charge in [-0.25, -0.2) is 0 Å². The average molecular weight is 249 g/mol. The number of nitriles is 1. The van der Waals surface area contributed by atoms with Crippen LogP contribution in [0.25, 0.3) is 0 Å². The summed E-state index contributed by atoms with van der Waals surface area (Å²) in [5.74, 6) is -1.58. The zero-order valence-corrected chi connectivity index (χ0v) is 9.93. The van der Waals surface area contributed by atoms with Gasteiger partial charge in [-0.1, -0.05) is 12.2 Å². The van der Waals surface area contributed by atoms with E-state index in [2.05, 4.69) is 18.5 Å². The fourth-order valence-corrected chi connectivity index (χ4v) is 1.10. The normalized spacial score (nSPS) is 10.1. The fraction of sp³-hybridized carbons (Fsp3) is 0.250. The summed E-state index contributed by atoms with van der Waals surface area (Å²) in [7, 11) is 0. The first kappa shape index (κ1) is 15.4. The molecule has 0 aromatic heterocycles. The predicted octanol–water partition coefficient (Wildman–Crippen LogP) is 0.269. The van der Waals surface area contributed by atoms with Crippen LogP contribution in [0.3, 0.4) is 0 Å². The number of aliphatic carboxylic acids is 1. The minimum Gasteiger partial charge on any atom is -0.480 e. The van der Waals surface area contributed by atoms with E-state index in [9.17, 15) is 9.59 Å². The Kier molecular flexibility index (Phi) is 7.37. The third-order valence-corrected chi connectivity index (χ3v) is 1.84. The second-order valence-electron chi connectivity index (χ2n) is 3.23. The minimum absolute atomic E-state index is 0.167. The van der Waals surface area contributed by atoms with Gasteiger partial charge >= 0.3 is 5.97 Å². The Bertz CT molecular complexity index is 397. The topological polar surface area (TPSA) is 93.4 Å². The highest BCUT2D eigenvalue weighted by Gasteiger charge is 2.15. The summed E-state index contributed by atoms with van der Waals surface area (Å²) in [6, 6.07) is 1.72. The maximum atomic E-state index is 11.9. The molecule has 0 heterocycles. The van der Waals surface area contributed by atoms with Crippen LogP contribution in [-0.4, -0.2) is 41.5 Å². The van der Waals surface area contributed by atoms with Gasteiger partial charge in [0.1, 0.15) is 18.2 Å². The highest BCUT2D eigenvalue weighted by Crippen LogP contribution is 2.01. The van der Waals surface area contributed by atoms with E-state index in [-0.39, 0.29) is 25.2 Å². The molecule has 0 saturated heterocycles. The average Bonchev–Trinajstić information content (AvgIpc) is 2.33. The van der Waals surface area contributed by atoms with Crippen molar-refractivity contribution in [2.75, 3.05) is 19.6 Å². The second kappa shape index (κ2) is 8.58. The van der Waals surface area contributed by atoms with Gasteiger partial charge in [-0.2, -0.15) is 5.26 Å². The molecule has 0 atom stereocenters. The maximum absolute atomic E-state index is 11.9. The molecule has 0 fully saturated rings. The lowest BCUT2D eigenvalue weighted by Gasteiger charge is -2.18. The van der Waals surface area contributed by atoms with Gasteiger partial charge in [-0.05, 0) is 0 Å². The number of carbonyl (C=O) groups is 2. The van der Waals surface area contributed by atoms with Gasteiger partial charge in [0.05, 0.1) is 0 Å². The molecule has 0 bridgehead atoms. The molecule has 1 amide bonds. The van der Waals surface area contributed by atoms with Gasteiger partial charge < -0.3 is 15.3 Å². The summed E-state index contributed by atoms with van der Waals surface area (Å²) in [5, 5.41) is 19.6. The Morgan fingerprint density at radius 2 is 1.89 bits per heavy atom. The van der Waals surface area contributed by atoms with Crippen molar-refractivity contribution in [1.82, 2.24) is 10.2 Å². The van der Waals surface area contributed by atoms with Crippen molar-refractivity contribution in [3.8, 4) is 6.07 Å². The molecule has 6 heteroatoms. The van der Waals surface area contributed by atoms with Crippen LogP contribution in [0.1, 0.15) is 0 Å². The number of carboxylic acids is 1. The molecule has 0 saturated carbocycles. The number of rotatable bonds is 8. The van der Waals surface area contributed by atoms with Crippen LogP contribution in [-0.2, 0) is 9.59 Å². The Hall–Kier alpha value is -2.55. The molecule has 0 aliphatic heterocycles. The Morgan fingerprint density at radius 3 is 2.28 bits per heavy atom. The number of carbonyl (C=O) groups excluding carboxylic acids is 1. The fourth-order valence-electron chi connectivity index (χ4n) is 1.10. The quantitative estimate of drug-likeness (QED) is 0.366. The summed E-state index contributed by atoms with van der Waals surface area (Å²) >= 11 is 0. The van der Waals surface area contributed by atoms with Crippen LogP contribution in [0.4, 0.5) is 0 Å². The summed E-state index contributed by atoms with van der Waals surface area (Å²) in [6.45, 7) is 7.22. The smallest absolute Gasteiger partial charge is 0.322 e. The van der Waals surface area contributed by atoms with E-state index in [0.29, 0.717) is 0 Å². The van der Waals surface area contributed by atoms with Crippen LogP contribution in [0.2, 0.25) is 0 Å². The molecule has 0 aliphatic rings. The van der Waals surface area contributed by atoms with E-state index in [1.54, 1.807) is 6.07 Å². The molecule has 0 rings (SSSR count). The molecule has 0 aliphatic carbocycles. The van der Waals surface area contributed by atoms with Crippen LogP contribution in [0.5, 0.6) is 0 Å². The standard InChI is InChI=1S/C12H15N3O3/c1-3-5-15(6-4-2)12(18)10(7-13)8-14-9-11(16)17/h3-4,8,14H,1-2,5-6,9H2,(H,16,17)/b10-8-. The minimum atomic E-state index is -1.08. The zero-order valence-electron chi connectivity index (χ0n) is 9.93. The van der Waals surface area contributed by atoms with E-state index < -0.39 is 11.9 Å². The van der Waals surface area contributed by atoms with Crippen molar-refractivity contribution >= 4 is 11.9 Å². The number of nitrogens with zero attached hydrogens (tertiary/aromatic N) is 2. The first-order valence-corrected chi connectivity index (χ1v) is 5.13.